The molecule has 2 aromatic heterocycles. The second-order valence-corrected chi connectivity index (χ2v) is 15.2. The van der Waals surface area contributed by atoms with Crippen molar-refractivity contribution >= 4 is 23.8 Å². The number of aliphatic hydroxyl groups is 2. The Labute approximate surface area is 332 Å². The number of aromatic carboxylic acids is 1. The van der Waals surface area contributed by atoms with E-state index in [-0.39, 0.29) is 34.7 Å². The van der Waals surface area contributed by atoms with Gasteiger partial charge in [0, 0.05) is 25.2 Å². The summed E-state index contributed by atoms with van der Waals surface area (Å²) in [5.41, 5.74) is -0.265. The highest BCUT2D eigenvalue weighted by molar-refractivity contribution is 6.05. The Balaban J connectivity index is 0.000000209. The van der Waals surface area contributed by atoms with Gasteiger partial charge in [-0.2, -0.15) is 30.0 Å². The van der Waals surface area contributed by atoms with Crippen molar-refractivity contribution in [3.05, 3.63) is 94.6 Å². The van der Waals surface area contributed by atoms with E-state index in [0.717, 1.165) is 32.2 Å². The number of carbonyl (C=O) groups is 4. The van der Waals surface area contributed by atoms with E-state index in [1.165, 1.54) is 26.4 Å². The lowest BCUT2D eigenvalue weighted by Gasteiger charge is -2.37. The summed E-state index contributed by atoms with van der Waals surface area (Å²) in [6, 6.07) is 13.4. The number of likely N-dealkylation sites (tertiary alicyclic amines) is 1. The quantitative estimate of drug-likeness (QED) is 0.184. The molecule has 308 valence electrons. The Bertz CT molecular complexity index is 1990. The van der Waals surface area contributed by atoms with Crippen molar-refractivity contribution in [3.63, 3.8) is 0 Å². The number of amides is 1. The molecular weight excluding hydrogens is 736 g/mol. The molecule has 1 amide bonds. The lowest BCUT2D eigenvalue weighted by molar-refractivity contribution is 0.0515. The fraction of sp³-hybridized carbons (Fsp3) is 0.500. The predicted octanol–water partition coefficient (Wildman–Crippen LogP) is 4.15. The van der Waals surface area contributed by atoms with Gasteiger partial charge in [-0.1, -0.05) is 24.3 Å². The number of benzene rings is 2. The van der Waals surface area contributed by atoms with Crippen LogP contribution in [0.2, 0.25) is 0 Å². The molecular formula is C40H54N8O9. The largest absolute Gasteiger partial charge is 0.478 e. The number of hydrogen-bond donors (Lipinski definition) is 4. The van der Waals surface area contributed by atoms with Gasteiger partial charge in [-0.05, 0) is 91.5 Å². The summed E-state index contributed by atoms with van der Waals surface area (Å²) in [5.74, 6) is -2.53. The Hall–Kier alpha value is -5.52. The van der Waals surface area contributed by atoms with Crippen molar-refractivity contribution in [1.82, 2.24) is 40.2 Å². The normalized spacial score (nSPS) is 19.6. The van der Waals surface area contributed by atoms with Crippen LogP contribution in [0.15, 0.2) is 60.9 Å². The van der Waals surface area contributed by atoms with Gasteiger partial charge in [0.05, 0.1) is 61.0 Å². The van der Waals surface area contributed by atoms with Crippen LogP contribution in [-0.4, -0.2) is 113 Å². The molecule has 0 bridgehead atoms. The van der Waals surface area contributed by atoms with Gasteiger partial charge in [0.15, 0.2) is 0 Å². The molecule has 4 N–H and O–H groups in total. The van der Waals surface area contributed by atoms with E-state index in [2.05, 4.69) is 37.4 Å². The molecule has 17 heteroatoms. The molecule has 0 radical (unpaired) electrons. The molecule has 2 aliphatic rings. The van der Waals surface area contributed by atoms with Crippen LogP contribution in [0.3, 0.4) is 0 Å². The first-order valence-electron chi connectivity index (χ1n) is 18.8. The van der Waals surface area contributed by atoms with Crippen LogP contribution in [0.5, 0.6) is 0 Å². The number of carbonyl (C=O) groups excluding carboxylic acids is 3. The summed E-state index contributed by atoms with van der Waals surface area (Å²) in [4.78, 5) is 52.0. The van der Waals surface area contributed by atoms with Gasteiger partial charge in [0.2, 0.25) is 0 Å². The molecule has 2 fully saturated rings. The zero-order chi connectivity index (χ0) is 42.1. The second kappa shape index (κ2) is 19.1. The molecule has 0 unspecified atom stereocenters. The topological polar surface area (TPSA) is 224 Å². The van der Waals surface area contributed by atoms with Crippen molar-refractivity contribution in [2.24, 2.45) is 0 Å². The maximum Gasteiger partial charge on any atom is 0.338 e. The first-order valence-corrected chi connectivity index (χ1v) is 18.8. The summed E-state index contributed by atoms with van der Waals surface area (Å²) < 4.78 is 9.23. The summed E-state index contributed by atoms with van der Waals surface area (Å²) in [6.45, 7) is 12.3. The summed E-state index contributed by atoms with van der Waals surface area (Å²) in [5, 5.41) is 49.3. The number of hydrogen-bond acceptors (Lipinski definition) is 13. The molecule has 4 aromatic rings. The number of nitrogens with one attached hydrogen (secondary N) is 1. The molecule has 57 heavy (non-hydrogen) atoms. The van der Waals surface area contributed by atoms with Crippen LogP contribution in [-0.2, 0) is 20.7 Å². The van der Waals surface area contributed by atoms with E-state index in [9.17, 15) is 29.4 Å². The zero-order valence-corrected chi connectivity index (χ0v) is 33.7. The lowest BCUT2D eigenvalue weighted by atomic mass is 9.97. The fourth-order valence-electron chi connectivity index (χ4n) is 6.27. The Morgan fingerprint density at radius 2 is 1.16 bits per heavy atom. The molecule has 0 spiro atoms. The van der Waals surface area contributed by atoms with Crippen LogP contribution in [0.25, 0.3) is 0 Å². The Morgan fingerprint density at radius 3 is 1.60 bits per heavy atom. The molecule has 0 aliphatic carbocycles. The fourth-order valence-corrected chi connectivity index (χ4v) is 6.27. The van der Waals surface area contributed by atoms with E-state index < -0.39 is 29.1 Å². The predicted molar refractivity (Wildman–Crippen MR) is 208 cm³/mol. The zero-order valence-electron chi connectivity index (χ0n) is 33.7. The first kappa shape index (κ1) is 44.2. The average Bonchev–Trinajstić information content (AvgIpc) is 3.90. The van der Waals surface area contributed by atoms with Gasteiger partial charge >= 0.3 is 17.9 Å². The number of carboxylic acids is 1. The number of piperidine rings is 2. The smallest absolute Gasteiger partial charge is 0.338 e. The van der Waals surface area contributed by atoms with E-state index in [1.807, 2.05) is 6.92 Å². The SMILES string of the molecule is COC(=O)c1ccccc1C(=O)N1C[C@H](n2ncc(C(C)(C)O)n2)CC[C@H]1C.COC(=O)c1ccccc1C(=O)O.C[C@@H]1CC[C@@H](n2ncc(C(C)(C)O)n2)CN1. The molecule has 17 nitrogen and oxygen atoms in total. The lowest BCUT2D eigenvalue weighted by Crippen LogP contribution is -2.46. The van der Waals surface area contributed by atoms with E-state index in [0.29, 0.717) is 35.6 Å². The Morgan fingerprint density at radius 1 is 0.702 bits per heavy atom. The molecule has 2 aliphatic heterocycles. The summed E-state index contributed by atoms with van der Waals surface area (Å²) in [6.07, 6.45) is 7.05. The minimum absolute atomic E-state index is 0.0266. The molecule has 2 saturated heterocycles. The maximum atomic E-state index is 13.2. The van der Waals surface area contributed by atoms with Crippen molar-refractivity contribution in [2.45, 2.75) is 103 Å². The average molecular weight is 791 g/mol. The molecule has 2 aromatic carbocycles. The van der Waals surface area contributed by atoms with Crippen molar-refractivity contribution < 1.29 is 44.0 Å². The van der Waals surface area contributed by atoms with Crippen LogP contribution in [0.4, 0.5) is 0 Å². The number of carboxylic acid groups (broad SMARTS) is 1. The number of esters is 2. The number of aromatic nitrogens is 6. The number of rotatable bonds is 8. The highest BCUT2D eigenvalue weighted by Crippen LogP contribution is 2.28. The van der Waals surface area contributed by atoms with Gasteiger partial charge in [0.25, 0.3) is 5.91 Å². The van der Waals surface area contributed by atoms with Crippen molar-refractivity contribution in [3.8, 4) is 0 Å². The Kier molecular flexibility index (Phi) is 14.8. The standard InChI is InChI=1S/C20H26N4O4.C11H20N4O.C9H8O4/c1-13-9-10-14(24-21-11-17(22-24)20(2,3)27)12-23(13)18(25)15-7-5-6-8-16(15)19(26)28-4;1-8-4-5-9(6-12-8)15-13-7-10(14-15)11(2,3)16;1-13-9(12)7-5-3-2-4-6(7)8(10)11/h5-8,11,13-14,27H,9-10,12H2,1-4H3;7-9,12,16H,4-6H2,1-3H3;2-5H,1H3,(H,10,11)/t13-,14-;8-,9-;/m11./s1. The van der Waals surface area contributed by atoms with Crippen LogP contribution in [0, 0.1) is 0 Å². The molecule has 4 atom stereocenters. The van der Waals surface area contributed by atoms with Crippen LogP contribution >= 0.6 is 0 Å². The van der Waals surface area contributed by atoms with Crippen molar-refractivity contribution in [2.75, 3.05) is 27.3 Å². The molecule has 0 saturated carbocycles. The van der Waals surface area contributed by atoms with Gasteiger partial charge in [0.1, 0.15) is 22.6 Å². The first-order chi connectivity index (χ1) is 26.8. The van der Waals surface area contributed by atoms with E-state index >= 15 is 0 Å². The van der Waals surface area contributed by atoms with Gasteiger partial charge in [-0.3, -0.25) is 4.79 Å². The second-order valence-electron chi connectivity index (χ2n) is 15.2. The van der Waals surface area contributed by atoms with Gasteiger partial charge in [-0.25, -0.2) is 14.4 Å². The molecule has 6 rings (SSSR count). The van der Waals surface area contributed by atoms with E-state index in [1.54, 1.807) is 91.0 Å². The number of nitrogens with zero attached hydrogens (tertiary/aromatic N) is 7. The number of methoxy groups -OCH3 is 2. The molecule has 4 heterocycles. The van der Waals surface area contributed by atoms with Crippen LogP contribution in [0.1, 0.15) is 132 Å². The third kappa shape index (κ3) is 11.5. The van der Waals surface area contributed by atoms with Crippen molar-refractivity contribution in [1.29, 1.82) is 0 Å². The highest BCUT2D eigenvalue weighted by Gasteiger charge is 2.34. The van der Waals surface area contributed by atoms with E-state index in [4.69, 9.17) is 9.84 Å². The number of ether oxygens (including phenoxy) is 2. The third-order valence-electron chi connectivity index (χ3n) is 9.80. The maximum absolute atomic E-state index is 13.2. The highest BCUT2D eigenvalue weighted by atomic mass is 16.5. The summed E-state index contributed by atoms with van der Waals surface area (Å²) >= 11 is 0. The third-order valence-corrected chi connectivity index (χ3v) is 9.80. The minimum atomic E-state index is -1.14. The van der Waals surface area contributed by atoms with Crippen LogP contribution < -0.4 is 5.32 Å². The van der Waals surface area contributed by atoms with Gasteiger partial charge < -0.3 is 35.0 Å². The summed E-state index contributed by atoms with van der Waals surface area (Å²) in [7, 11) is 2.51. The monoisotopic (exact) mass is 790 g/mol. The van der Waals surface area contributed by atoms with Gasteiger partial charge in [-0.15, -0.1) is 0 Å². The minimum Gasteiger partial charge on any atom is -0.478 e.